The molecule has 0 radical (unpaired) electrons. The van der Waals surface area contributed by atoms with Crippen LogP contribution in [0.4, 0.5) is 0 Å². The highest BCUT2D eigenvalue weighted by Gasteiger charge is 2.15. The van der Waals surface area contributed by atoms with Crippen molar-refractivity contribution in [1.29, 1.82) is 0 Å². The normalized spacial score (nSPS) is 13.0. The lowest BCUT2D eigenvalue weighted by molar-refractivity contribution is -0.144. The molecule has 0 N–H and O–H groups in total. The van der Waals surface area contributed by atoms with Crippen LogP contribution in [0.15, 0.2) is 36.4 Å². The van der Waals surface area contributed by atoms with Gasteiger partial charge in [0.15, 0.2) is 17.3 Å². The summed E-state index contributed by atoms with van der Waals surface area (Å²) in [7, 11) is 0. The second-order valence-corrected chi connectivity index (χ2v) is 6.79. The van der Waals surface area contributed by atoms with E-state index in [4.69, 9.17) is 14.2 Å². The molecule has 0 bridgehead atoms. The Hall–Kier alpha value is -2.82. The van der Waals surface area contributed by atoms with Gasteiger partial charge in [-0.05, 0) is 37.6 Å². The van der Waals surface area contributed by atoms with Crippen molar-refractivity contribution < 1.29 is 23.8 Å². The zero-order valence-electron chi connectivity index (χ0n) is 15.7. The Morgan fingerprint density at radius 3 is 2.37 bits per heavy atom. The van der Waals surface area contributed by atoms with Crippen molar-refractivity contribution in [2.24, 2.45) is 0 Å². The van der Waals surface area contributed by atoms with Gasteiger partial charge in [0.2, 0.25) is 0 Å². The summed E-state index contributed by atoms with van der Waals surface area (Å²) in [6.45, 7) is 5.40. The molecule has 27 heavy (non-hydrogen) atoms. The molecule has 0 spiro atoms. The van der Waals surface area contributed by atoms with Crippen LogP contribution in [-0.2, 0) is 16.1 Å². The second kappa shape index (κ2) is 8.71. The maximum Gasteiger partial charge on any atom is 0.306 e. The molecule has 1 heterocycles. The molecule has 0 saturated heterocycles. The van der Waals surface area contributed by atoms with Crippen LogP contribution in [0.3, 0.4) is 0 Å². The van der Waals surface area contributed by atoms with Gasteiger partial charge in [0.1, 0.15) is 6.61 Å². The van der Waals surface area contributed by atoms with Crippen LogP contribution in [0.2, 0.25) is 0 Å². The first-order chi connectivity index (χ1) is 13.0. The summed E-state index contributed by atoms with van der Waals surface area (Å²) in [5, 5.41) is 0. The molecule has 0 fully saturated rings. The van der Waals surface area contributed by atoms with E-state index in [0.717, 1.165) is 23.1 Å². The van der Waals surface area contributed by atoms with E-state index in [9.17, 15) is 9.59 Å². The maximum absolute atomic E-state index is 12.4. The highest BCUT2D eigenvalue weighted by atomic mass is 16.5. The summed E-state index contributed by atoms with van der Waals surface area (Å²) in [6.07, 6.45) is 0.966. The van der Waals surface area contributed by atoms with Gasteiger partial charge in [-0.25, -0.2) is 0 Å². The first kappa shape index (κ1) is 19.0. The SMILES string of the molecule is Cc1cc(C)cc(COC(=O)CCC(=O)c2ccc3c(c2)OCCCO3)c1. The summed E-state index contributed by atoms with van der Waals surface area (Å²) >= 11 is 0. The molecule has 142 valence electrons. The molecule has 5 heteroatoms. The van der Waals surface area contributed by atoms with Gasteiger partial charge in [-0.3, -0.25) is 9.59 Å². The van der Waals surface area contributed by atoms with E-state index in [1.807, 2.05) is 26.0 Å². The average Bonchev–Trinajstić information content (AvgIpc) is 2.88. The monoisotopic (exact) mass is 368 g/mol. The first-order valence-electron chi connectivity index (χ1n) is 9.17. The smallest absolute Gasteiger partial charge is 0.306 e. The number of fused-ring (bicyclic) bond motifs is 1. The Morgan fingerprint density at radius 1 is 0.926 bits per heavy atom. The Balaban J connectivity index is 1.51. The van der Waals surface area contributed by atoms with Gasteiger partial charge in [0.25, 0.3) is 0 Å². The minimum atomic E-state index is -0.378. The summed E-state index contributed by atoms with van der Waals surface area (Å²) < 4.78 is 16.5. The van der Waals surface area contributed by atoms with Crippen molar-refractivity contribution in [3.05, 3.63) is 58.7 Å². The van der Waals surface area contributed by atoms with Crippen molar-refractivity contribution in [1.82, 2.24) is 0 Å². The van der Waals surface area contributed by atoms with Crippen LogP contribution in [-0.4, -0.2) is 25.0 Å². The Bertz CT molecular complexity index is 820. The first-order valence-corrected chi connectivity index (χ1v) is 9.17. The lowest BCUT2D eigenvalue weighted by atomic mass is 10.1. The quantitative estimate of drug-likeness (QED) is 0.566. The van der Waals surface area contributed by atoms with Crippen LogP contribution in [0.1, 0.15) is 46.3 Å². The zero-order chi connectivity index (χ0) is 19.2. The molecule has 1 aliphatic rings. The molecule has 2 aromatic carbocycles. The minimum Gasteiger partial charge on any atom is -0.490 e. The third-order valence-corrected chi connectivity index (χ3v) is 4.31. The predicted molar refractivity (Wildman–Crippen MR) is 101 cm³/mol. The maximum atomic E-state index is 12.4. The zero-order valence-corrected chi connectivity index (χ0v) is 15.7. The second-order valence-electron chi connectivity index (χ2n) is 6.79. The lowest BCUT2D eigenvalue weighted by Gasteiger charge is -2.09. The van der Waals surface area contributed by atoms with Crippen LogP contribution in [0.25, 0.3) is 0 Å². The van der Waals surface area contributed by atoms with Crippen LogP contribution < -0.4 is 9.47 Å². The van der Waals surface area contributed by atoms with E-state index in [0.29, 0.717) is 30.3 Å². The molecule has 3 rings (SSSR count). The highest BCUT2D eigenvalue weighted by Crippen LogP contribution is 2.30. The van der Waals surface area contributed by atoms with Crippen molar-refractivity contribution in [2.45, 2.75) is 39.7 Å². The van der Waals surface area contributed by atoms with Gasteiger partial charge in [-0.1, -0.05) is 29.3 Å². The van der Waals surface area contributed by atoms with Crippen molar-refractivity contribution >= 4 is 11.8 Å². The molecule has 2 aromatic rings. The van der Waals surface area contributed by atoms with Crippen molar-refractivity contribution in [2.75, 3.05) is 13.2 Å². The summed E-state index contributed by atoms with van der Waals surface area (Å²) in [5.41, 5.74) is 3.73. The topological polar surface area (TPSA) is 61.8 Å². The number of hydrogen-bond acceptors (Lipinski definition) is 5. The molecule has 0 amide bonds. The third kappa shape index (κ3) is 5.33. The number of ketones is 1. The standard InChI is InChI=1S/C22H24O5/c1-15-10-16(2)12-17(11-15)14-27-22(24)7-5-19(23)18-4-6-20-21(13-18)26-9-3-8-25-20/h4,6,10-13H,3,5,7-9,14H2,1-2H3. The van der Waals surface area contributed by atoms with Crippen molar-refractivity contribution in [3.8, 4) is 11.5 Å². The van der Waals surface area contributed by atoms with Crippen molar-refractivity contribution in [3.63, 3.8) is 0 Å². The molecule has 0 aromatic heterocycles. The number of benzene rings is 2. The van der Waals surface area contributed by atoms with Gasteiger partial charge in [0.05, 0.1) is 19.6 Å². The fourth-order valence-corrected chi connectivity index (χ4v) is 3.08. The number of aryl methyl sites for hydroxylation is 2. The minimum absolute atomic E-state index is 0.0536. The third-order valence-electron chi connectivity index (χ3n) is 4.31. The summed E-state index contributed by atoms with van der Waals surface area (Å²) in [6, 6.07) is 11.2. The Labute approximate surface area is 159 Å². The molecule has 0 atom stereocenters. The number of esters is 1. The van der Waals surface area contributed by atoms with E-state index in [2.05, 4.69) is 6.07 Å². The fourth-order valence-electron chi connectivity index (χ4n) is 3.08. The number of carbonyl (C=O) groups excluding carboxylic acids is 2. The van der Waals surface area contributed by atoms with Gasteiger partial charge in [-0.15, -0.1) is 0 Å². The number of ether oxygens (including phenoxy) is 3. The van der Waals surface area contributed by atoms with E-state index in [-0.39, 0.29) is 31.2 Å². The average molecular weight is 368 g/mol. The van der Waals surface area contributed by atoms with E-state index < -0.39 is 0 Å². The van der Waals surface area contributed by atoms with Gasteiger partial charge in [0, 0.05) is 18.4 Å². The Kier molecular flexibility index (Phi) is 6.12. The van der Waals surface area contributed by atoms with Crippen LogP contribution in [0, 0.1) is 13.8 Å². The molecule has 0 saturated carbocycles. The Morgan fingerprint density at radius 2 is 1.63 bits per heavy atom. The van der Waals surface area contributed by atoms with Gasteiger partial charge >= 0.3 is 5.97 Å². The van der Waals surface area contributed by atoms with Gasteiger partial charge in [-0.2, -0.15) is 0 Å². The van der Waals surface area contributed by atoms with Gasteiger partial charge < -0.3 is 14.2 Å². The predicted octanol–water partition coefficient (Wildman–Crippen LogP) is 4.17. The van der Waals surface area contributed by atoms with Crippen LogP contribution >= 0.6 is 0 Å². The van der Waals surface area contributed by atoms with E-state index in [1.54, 1.807) is 18.2 Å². The molecule has 1 aliphatic heterocycles. The molecule has 0 unspecified atom stereocenters. The molecular weight excluding hydrogens is 344 g/mol. The molecule has 5 nitrogen and oxygen atoms in total. The van der Waals surface area contributed by atoms with E-state index in [1.165, 1.54) is 0 Å². The number of hydrogen-bond donors (Lipinski definition) is 0. The van der Waals surface area contributed by atoms with E-state index >= 15 is 0 Å². The molecular formula is C22H24O5. The number of carbonyl (C=O) groups is 2. The lowest BCUT2D eigenvalue weighted by Crippen LogP contribution is -2.08. The number of rotatable bonds is 6. The summed E-state index contributed by atoms with van der Waals surface area (Å²) in [4.78, 5) is 24.4. The summed E-state index contributed by atoms with van der Waals surface area (Å²) in [5.74, 6) is 0.735. The number of Topliss-reactive ketones (excluding diaryl/α,β-unsaturated/α-hetero) is 1. The largest absolute Gasteiger partial charge is 0.490 e. The molecule has 0 aliphatic carbocycles. The fraction of sp³-hybridized carbons (Fsp3) is 0.364. The highest BCUT2D eigenvalue weighted by molar-refractivity contribution is 5.98. The van der Waals surface area contributed by atoms with Crippen LogP contribution in [0.5, 0.6) is 11.5 Å².